The molecule has 1 aromatic rings. The molecule has 11 heavy (non-hydrogen) atoms. The Kier molecular flexibility index (Phi) is 3.05. The monoisotopic (exact) mass is 189 g/mol. The molecule has 1 aromatic carbocycles. The van der Waals surface area contributed by atoms with E-state index in [0.717, 1.165) is 21.2 Å². The number of halogens is 1. The Morgan fingerprint density at radius 1 is 1.36 bits per heavy atom. The second-order valence-corrected chi connectivity index (χ2v) is 3.08. The van der Waals surface area contributed by atoms with Crippen LogP contribution in [0.5, 0.6) is 0 Å². The summed E-state index contributed by atoms with van der Waals surface area (Å²) in [5, 5.41) is 9.08. The maximum Gasteiger partial charge on any atom is 0.0882 e. The predicted molar refractivity (Wildman–Crippen MR) is 48.9 cm³/mol. The van der Waals surface area contributed by atoms with Crippen LogP contribution < -0.4 is 4.47 Å². The zero-order valence-corrected chi connectivity index (χ0v) is 7.56. The lowest BCUT2D eigenvalue weighted by atomic mass is 10.2. The van der Waals surface area contributed by atoms with Crippen LogP contribution in [0.2, 0.25) is 0 Å². The summed E-state index contributed by atoms with van der Waals surface area (Å²) in [6, 6.07) is 7.41. The van der Waals surface area contributed by atoms with Crippen LogP contribution in [0.25, 0.3) is 0 Å². The highest BCUT2D eigenvalue weighted by molar-refractivity contribution is 8.21. The van der Waals surface area contributed by atoms with Gasteiger partial charge in [0.05, 0.1) is 16.8 Å². The van der Waals surface area contributed by atoms with Crippen LogP contribution in [0.1, 0.15) is 5.56 Å². The molecule has 0 atom stereocenters. The van der Waals surface area contributed by atoms with E-state index in [0.29, 0.717) is 5.69 Å². The van der Waals surface area contributed by atoms with Gasteiger partial charge >= 0.3 is 0 Å². The maximum absolute atomic E-state index is 9.08. The Labute approximate surface area is 74.4 Å². The first kappa shape index (κ1) is 8.71. The summed E-state index contributed by atoms with van der Waals surface area (Å²) in [7, 11) is 5.32. The fraction of sp³-hybridized carbons (Fsp3) is 0.143. The molecular formula is C7H8ClNOS. The Bertz CT molecular complexity index is 226. The normalized spacial score (nSPS) is 9.73. The molecule has 1 rings (SSSR count). The minimum absolute atomic E-state index is 0.676. The summed E-state index contributed by atoms with van der Waals surface area (Å²) >= 11 is 0.745. The molecule has 0 saturated carbocycles. The lowest BCUT2D eigenvalue weighted by molar-refractivity contribution is 0.333. The molecule has 0 radical (unpaired) electrons. The predicted octanol–water partition coefficient (Wildman–Crippen LogP) is 2.99. The van der Waals surface area contributed by atoms with Gasteiger partial charge in [0.1, 0.15) is 0 Å². The van der Waals surface area contributed by atoms with Gasteiger partial charge in [-0.25, -0.2) is 0 Å². The van der Waals surface area contributed by atoms with Crippen molar-refractivity contribution < 1.29 is 5.21 Å². The molecule has 60 valence electrons. The van der Waals surface area contributed by atoms with Crippen LogP contribution in [0, 0.1) is 6.92 Å². The average Bonchev–Trinajstić information content (AvgIpc) is 2.05. The summed E-state index contributed by atoms with van der Waals surface area (Å²) in [6.07, 6.45) is 0. The highest BCUT2D eigenvalue weighted by Crippen LogP contribution is 2.22. The second-order valence-electron chi connectivity index (χ2n) is 2.18. The molecular weight excluding hydrogens is 182 g/mol. The molecule has 0 unspecified atom stereocenters. The number of nitrogens with zero attached hydrogens (tertiary/aromatic N) is 1. The van der Waals surface area contributed by atoms with E-state index in [1.54, 1.807) is 12.1 Å². The molecule has 0 heterocycles. The summed E-state index contributed by atoms with van der Waals surface area (Å²) < 4.78 is 0.904. The van der Waals surface area contributed by atoms with E-state index in [9.17, 15) is 0 Å². The van der Waals surface area contributed by atoms with E-state index in [4.69, 9.17) is 15.9 Å². The molecule has 1 N–H and O–H groups in total. The number of anilines is 1. The van der Waals surface area contributed by atoms with E-state index >= 15 is 0 Å². The van der Waals surface area contributed by atoms with Gasteiger partial charge in [-0.05, 0) is 29.7 Å². The van der Waals surface area contributed by atoms with Crippen molar-refractivity contribution in [3.63, 3.8) is 0 Å². The van der Waals surface area contributed by atoms with Crippen molar-refractivity contribution >= 4 is 27.5 Å². The smallest absolute Gasteiger partial charge is 0.0882 e. The minimum atomic E-state index is 0.676. The summed E-state index contributed by atoms with van der Waals surface area (Å²) in [5.74, 6) is 0. The van der Waals surface area contributed by atoms with Gasteiger partial charge in [0, 0.05) is 0 Å². The fourth-order valence-electron chi connectivity index (χ4n) is 0.712. The third kappa shape index (κ3) is 2.29. The summed E-state index contributed by atoms with van der Waals surface area (Å²) in [6.45, 7) is 1.99. The first-order chi connectivity index (χ1) is 5.24. The van der Waals surface area contributed by atoms with Gasteiger partial charge < -0.3 is 0 Å². The number of benzene rings is 1. The number of hydrogen-bond acceptors (Lipinski definition) is 3. The molecule has 0 fully saturated rings. The van der Waals surface area contributed by atoms with Crippen molar-refractivity contribution in [1.29, 1.82) is 0 Å². The topological polar surface area (TPSA) is 23.5 Å². The highest BCUT2D eigenvalue weighted by Gasteiger charge is 1.99. The molecule has 4 heteroatoms. The van der Waals surface area contributed by atoms with Crippen molar-refractivity contribution in [3.8, 4) is 0 Å². The Morgan fingerprint density at radius 3 is 2.36 bits per heavy atom. The molecule has 0 aliphatic heterocycles. The zero-order valence-electron chi connectivity index (χ0n) is 5.99. The number of aryl methyl sites for hydroxylation is 1. The quantitative estimate of drug-likeness (QED) is 0.572. The van der Waals surface area contributed by atoms with E-state index in [2.05, 4.69) is 0 Å². The van der Waals surface area contributed by atoms with Crippen molar-refractivity contribution in [2.75, 3.05) is 4.47 Å². The first-order valence-electron chi connectivity index (χ1n) is 3.08. The number of rotatable bonds is 2. The lowest BCUT2D eigenvalue weighted by Gasteiger charge is -2.10. The molecule has 0 aromatic heterocycles. The zero-order chi connectivity index (χ0) is 8.27. The highest BCUT2D eigenvalue weighted by atomic mass is 35.7. The number of hydrogen-bond donors (Lipinski definition) is 1. The molecule has 0 amide bonds. The van der Waals surface area contributed by atoms with Crippen molar-refractivity contribution in [2.45, 2.75) is 6.92 Å². The van der Waals surface area contributed by atoms with Gasteiger partial charge in [-0.1, -0.05) is 17.7 Å². The minimum Gasteiger partial charge on any atom is -0.277 e. The van der Waals surface area contributed by atoms with Gasteiger partial charge in [-0.3, -0.25) is 5.21 Å². The van der Waals surface area contributed by atoms with Crippen molar-refractivity contribution in [2.24, 2.45) is 0 Å². The fourth-order valence-corrected chi connectivity index (χ4v) is 1.15. The standard InChI is InChI=1S/C7H8ClNOS/c1-6-2-4-7(5-3-6)9(10)11-8/h2-5,10H,1H3. The van der Waals surface area contributed by atoms with Crippen LogP contribution in [-0.4, -0.2) is 5.21 Å². The molecule has 2 nitrogen and oxygen atoms in total. The maximum atomic E-state index is 9.08. The van der Waals surface area contributed by atoms with Gasteiger partial charge in [-0.15, -0.1) is 0 Å². The van der Waals surface area contributed by atoms with Crippen LogP contribution in [0.15, 0.2) is 24.3 Å². The van der Waals surface area contributed by atoms with Gasteiger partial charge in [0.2, 0.25) is 0 Å². The Morgan fingerprint density at radius 2 is 1.91 bits per heavy atom. The largest absolute Gasteiger partial charge is 0.277 e. The Balaban J connectivity index is 2.81. The SMILES string of the molecule is Cc1ccc(N(O)SCl)cc1. The second kappa shape index (κ2) is 3.85. The summed E-state index contributed by atoms with van der Waals surface area (Å²) in [4.78, 5) is 0. The molecule has 0 aliphatic rings. The third-order valence-corrected chi connectivity index (χ3v) is 2.05. The van der Waals surface area contributed by atoms with Crippen LogP contribution in [-0.2, 0) is 0 Å². The van der Waals surface area contributed by atoms with E-state index in [-0.39, 0.29) is 0 Å². The van der Waals surface area contributed by atoms with E-state index < -0.39 is 0 Å². The van der Waals surface area contributed by atoms with Gasteiger partial charge in [0.15, 0.2) is 0 Å². The average molecular weight is 190 g/mol. The lowest BCUT2D eigenvalue weighted by Crippen LogP contribution is -2.03. The van der Waals surface area contributed by atoms with Crippen LogP contribution >= 0.6 is 21.8 Å². The molecule has 0 saturated heterocycles. The Hall–Kier alpha value is -0.380. The molecule has 0 spiro atoms. The van der Waals surface area contributed by atoms with E-state index in [1.165, 1.54) is 0 Å². The van der Waals surface area contributed by atoms with Gasteiger partial charge in [-0.2, -0.15) is 4.47 Å². The summed E-state index contributed by atoms with van der Waals surface area (Å²) in [5.41, 5.74) is 1.83. The molecule has 0 bridgehead atoms. The van der Waals surface area contributed by atoms with Gasteiger partial charge in [0.25, 0.3) is 0 Å². The first-order valence-corrected chi connectivity index (χ1v) is 4.68. The van der Waals surface area contributed by atoms with Crippen LogP contribution in [0.4, 0.5) is 5.69 Å². The van der Waals surface area contributed by atoms with Crippen molar-refractivity contribution in [1.82, 2.24) is 0 Å². The van der Waals surface area contributed by atoms with E-state index in [1.807, 2.05) is 19.1 Å². The molecule has 0 aliphatic carbocycles. The van der Waals surface area contributed by atoms with Crippen molar-refractivity contribution in [3.05, 3.63) is 29.8 Å². The van der Waals surface area contributed by atoms with Crippen LogP contribution in [0.3, 0.4) is 0 Å². The third-order valence-electron chi connectivity index (χ3n) is 1.32.